The molecule has 0 saturated heterocycles. The van der Waals surface area contributed by atoms with Gasteiger partial charge in [-0.3, -0.25) is 4.57 Å². The van der Waals surface area contributed by atoms with Crippen molar-refractivity contribution in [3.63, 3.8) is 0 Å². The molecule has 0 N–H and O–H groups in total. The lowest BCUT2D eigenvalue weighted by Gasteiger charge is -2.22. The minimum absolute atomic E-state index is 0.0819. The van der Waals surface area contributed by atoms with E-state index in [1.165, 1.54) is 43.8 Å². The molecular formula is C39H27N3. The third-order valence-electron chi connectivity index (χ3n) is 9.21. The van der Waals surface area contributed by atoms with E-state index < -0.39 is 0 Å². The zero-order chi connectivity index (χ0) is 28.0. The number of para-hydroxylation sites is 2. The molecule has 2 heterocycles. The zero-order valence-electron chi connectivity index (χ0n) is 23.5. The Hall–Kier alpha value is -5.28. The average molecular weight is 538 g/mol. The number of aromatic nitrogens is 3. The van der Waals surface area contributed by atoms with Crippen molar-refractivity contribution in [3.8, 4) is 28.3 Å². The fourth-order valence-corrected chi connectivity index (χ4v) is 7.19. The van der Waals surface area contributed by atoms with Crippen LogP contribution in [0.2, 0.25) is 0 Å². The van der Waals surface area contributed by atoms with E-state index >= 15 is 0 Å². The first-order valence-electron chi connectivity index (χ1n) is 14.5. The number of hydrogen-bond acceptors (Lipinski definition) is 2. The van der Waals surface area contributed by atoms with Gasteiger partial charge in [0.2, 0.25) is 5.95 Å². The smallest absolute Gasteiger partial charge is 0.235 e. The summed E-state index contributed by atoms with van der Waals surface area (Å²) in [6.07, 6.45) is 0. The first kappa shape index (κ1) is 23.4. The molecule has 0 unspecified atom stereocenters. The third kappa shape index (κ3) is 3.11. The van der Waals surface area contributed by atoms with Crippen LogP contribution in [0.3, 0.4) is 0 Å². The quantitative estimate of drug-likeness (QED) is 0.220. The topological polar surface area (TPSA) is 30.7 Å². The first-order valence-corrected chi connectivity index (χ1v) is 14.5. The molecule has 0 spiro atoms. The Morgan fingerprint density at radius 3 is 2.17 bits per heavy atom. The number of nitrogens with zero attached hydrogens (tertiary/aromatic N) is 3. The predicted octanol–water partition coefficient (Wildman–Crippen LogP) is 9.85. The van der Waals surface area contributed by atoms with Crippen molar-refractivity contribution in [2.45, 2.75) is 19.3 Å². The van der Waals surface area contributed by atoms with Crippen LogP contribution in [-0.2, 0) is 5.41 Å². The molecule has 3 nitrogen and oxygen atoms in total. The fraction of sp³-hybridized carbons (Fsp3) is 0.0769. The van der Waals surface area contributed by atoms with Gasteiger partial charge in [-0.15, -0.1) is 0 Å². The van der Waals surface area contributed by atoms with Crippen molar-refractivity contribution >= 4 is 43.5 Å². The number of fused-ring (bicyclic) bond motifs is 9. The second-order valence-corrected chi connectivity index (χ2v) is 11.9. The van der Waals surface area contributed by atoms with Crippen molar-refractivity contribution in [2.24, 2.45) is 0 Å². The largest absolute Gasteiger partial charge is 0.278 e. The molecule has 1 aliphatic rings. The summed E-state index contributed by atoms with van der Waals surface area (Å²) in [5.41, 5.74) is 10.5. The Morgan fingerprint density at radius 2 is 1.26 bits per heavy atom. The van der Waals surface area contributed by atoms with Gasteiger partial charge in [0.05, 0.1) is 22.2 Å². The monoisotopic (exact) mass is 537 g/mol. The van der Waals surface area contributed by atoms with Crippen LogP contribution in [0.25, 0.3) is 71.8 Å². The van der Waals surface area contributed by atoms with Crippen LogP contribution in [0, 0.1) is 0 Å². The molecule has 0 fully saturated rings. The molecule has 0 amide bonds. The molecule has 0 aliphatic heterocycles. The summed E-state index contributed by atoms with van der Waals surface area (Å²) in [6, 6.07) is 45.7. The summed E-state index contributed by atoms with van der Waals surface area (Å²) in [4.78, 5) is 10.5. The lowest BCUT2D eigenvalue weighted by Crippen LogP contribution is -2.15. The molecule has 0 saturated carbocycles. The third-order valence-corrected chi connectivity index (χ3v) is 9.21. The second kappa shape index (κ2) is 8.37. The van der Waals surface area contributed by atoms with Gasteiger partial charge < -0.3 is 0 Å². The normalized spacial score (nSPS) is 13.7. The van der Waals surface area contributed by atoms with Gasteiger partial charge in [-0.05, 0) is 57.3 Å². The molecule has 1 aliphatic carbocycles. The van der Waals surface area contributed by atoms with Crippen molar-refractivity contribution in [3.05, 3.63) is 139 Å². The Balaban J connectivity index is 1.34. The lowest BCUT2D eigenvalue weighted by atomic mass is 9.82. The lowest BCUT2D eigenvalue weighted by molar-refractivity contribution is 0.660. The minimum Gasteiger partial charge on any atom is -0.278 e. The van der Waals surface area contributed by atoms with E-state index in [1.807, 2.05) is 0 Å². The van der Waals surface area contributed by atoms with Crippen LogP contribution >= 0.6 is 0 Å². The van der Waals surface area contributed by atoms with Gasteiger partial charge in [0, 0.05) is 27.1 Å². The highest BCUT2D eigenvalue weighted by Crippen LogP contribution is 2.49. The van der Waals surface area contributed by atoms with Crippen molar-refractivity contribution in [2.75, 3.05) is 0 Å². The standard InChI is InChI=1S/C39H27N3/c1-39(2)31-16-8-5-13-27(31)28-21-19-25(23-32(28)39)37-29-14-6-9-17-33(29)40-38(41-37)42-34-18-10-7-15-30(34)36-26-12-4-3-11-24(26)20-22-35(36)42/h3-23H,1-2H3. The van der Waals surface area contributed by atoms with E-state index in [0.717, 1.165) is 33.2 Å². The van der Waals surface area contributed by atoms with Crippen molar-refractivity contribution < 1.29 is 0 Å². The van der Waals surface area contributed by atoms with Gasteiger partial charge in [-0.2, -0.15) is 0 Å². The summed E-state index contributed by atoms with van der Waals surface area (Å²) in [6.45, 7) is 4.65. The van der Waals surface area contributed by atoms with Gasteiger partial charge >= 0.3 is 0 Å². The Morgan fingerprint density at radius 1 is 0.548 bits per heavy atom. The maximum absolute atomic E-state index is 5.37. The van der Waals surface area contributed by atoms with E-state index in [9.17, 15) is 0 Å². The molecule has 6 aromatic carbocycles. The molecule has 2 aromatic heterocycles. The Bertz CT molecular complexity index is 2390. The first-order chi connectivity index (χ1) is 20.6. The second-order valence-electron chi connectivity index (χ2n) is 11.9. The summed E-state index contributed by atoms with van der Waals surface area (Å²) >= 11 is 0. The number of rotatable bonds is 2. The molecule has 0 bridgehead atoms. The summed E-state index contributed by atoms with van der Waals surface area (Å²) in [5.74, 6) is 0.688. The molecule has 198 valence electrons. The van der Waals surface area contributed by atoms with Crippen LogP contribution < -0.4 is 0 Å². The van der Waals surface area contributed by atoms with Gasteiger partial charge in [0.25, 0.3) is 0 Å². The highest BCUT2D eigenvalue weighted by Gasteiger charge is 2.35. The number of hydrogen-bond donors (Lipinski definition) is 0. The molecule has 0 radical (unpaired) electrons. The van der Waals surface area contributed by atoms with Gasteiger partial charge in [-0.1, -0.05) is 117 Å². The van der Waals surface area contributed by atoms with E-state index in [-0.39, 0.29) is 5.41 Å². The molecule has 9 rings (SSSR count). The van der Waals surface area contributed by atoms with Crippen molar-refractivity contribution in [1.82, 2.24) is 14.5 Å². The van der Waals surface area contributed by atoms with E-state index in [4.69, 9.17) is 9.97 Å². The Labute approximate surface area is 243 Å². The predicted molar refractivity (Wildman–Crippen MR) is 174 cm³/mol. The Kier molecular flexibility index (Phi) is 4.67. The molecule has 42 heavy (non-hydrogen) atoms. The van der Waals surface area contributed by atoms with E-state index in [0.29, 0.717) is 5.95 Å². The SMILES string of the molecule is CC1(C)c2ccccc2-c2ccc(-c3nc(-n4c5ccccc5c5c6ccccc6ccc54)nc4ccccc34)cc21. The molecular weight excluding hydrogens is 510 g/mol. The van der Waals surface area contributed by atoms with Crippen molar-refractivity contribution in [1.29, 1.82) is 0 Å². The van der Waals surface area contributed by atoms with E-state index in [1.54, 1.807) is 0 Å². The summed E-state index contributed by atoms with van der Waals surface area (Å²) in [7, 11) is 0. The summed E-state index contributed by atoms with van der Waals surface area (Å²) in [5, 5.41) is 5.97. The minimum atomic E-state index is -0.0819. The maximum atomic E-state index is 5.37. The maximum Gasteiger partial charge on any atom is 0.235 e. The summed E-state index contributed by atoms with van der Waals surface area (Å²) < 4.78 is 2.24. The fourth-order valence-electron chi connectivity index (χ4n) is 7.19. The zero-order valence-corrected chi connectivity index (χ0v) is 23.5. The van der Waals surface area contributed by atoms with E-state index in [2.05, 4.69) is 146 Å². The van der Waals surface area contributed by atoms with Gasteiger partial charge in [0.15, 0.2) is 0 Å². The van der Waals surface area contributed by atoms with Gasteiger partial charge in [-0.25, -0.2) is 9.97 Å². The highest BCUT2D eigenvalue weighted by molar-refractivity contribution is 6.21. The molecule has 0 atom stereocenters. The van der Waals surface area contributed by atoms with Crippen LogP contribution in [0.5, 0.6) is 0 Å². The van der Waals surface area contributed by atoms with Crippen LogP contribution in [0.4, 0.5) is 0 Å². The number of benzene rings is 6. The van der Waals surface area contributed by atoms with Gasteiger partial charge in [0.1, 0.15) is 0 Å². The van der Waals surface area contributed by atoms with Crippen LogP contribution in [0.15, 0.2) is 127 Å². The molecule has 8 aromatic rings. The van der Waals surface area contributed by atoms with Crippen LogP contribution in [0.1, 0.15) is 25.0 Å². The average Bonchev–Trinajstić information content (AvgIpc) is 3.50. The van der Waals surface area contributed by atoms with Crippen LogP contribution in [-0.4, -0.2) is 14.5 Å². The molecule has 3 heteroatoms. The highest BCUT2D eigenvalue weighted by atomic mass is 15.2.